The average molecular weight is 358 g/mol. The summed E-state index contributed by atoms with van der Waals surface area (Å²) in [4.78, 5) is 13.2. The second-order valence-corrected chi connectivity index (χ2v) is 7.01. The average Bonchev–Trinajstić information content (AvgIpc) is 3.25. The Bertz CT molecular complexity index is 1180. The molecule has 4 nitrogen and oxygen atoms in total. The molecule has 0 amide bonds. The highest BCUT2D eigenvalue weighted by Crippen LogP contribution is 2.39. The number of phenols is 1. The highest BCUT2D eigenvalue weighted by atomic mass is 32.1. The molecule has 126 valence electrons. The van der Waals surface area contributed by atoms with E-state index in [2.05, 4.69) is 6.07 Å². The third-order valence-electron chi connectivity index (χ3n) is 4.28. The van der Waals surface area contributed by atoms with Gasteiger partial charge in [-0.25, -0.2) is 0 Å². The van der Waals surface area contributed by atoms with E-state index >= 15 is 0 Å². The standard InChI is InChI=1S/C21H14N2O2S/c1-13(24)19-10-11-20(26-19)21-17(12-22)16-4-2-3-5-18(16)23(21)14-6-8-15(25)9-7-14/h2-11,25H,1H3. The predicted molar refractivity (Wildman–Crippen MR) is 103 cm³/mol. The number of hydrogen-bond acceptors (Lipinski definition) is 4. The summed E-state index contributed by atoms with van der Waals surface area (Å²) in [6.07, 6.45) is 0. The predicted octanol–water partition coefficient (Wildman–Crippen LogP) is 5.14. The van der Waals surface area contributed by atoms with E-state index in [0.29, 0.717) is 10.4 Å². The van der Waals surface area contributed by atoms with Crippen LogP contribution in [0.4, 0.5) is 0 Å². The molecule has 0 radical (unpaired) electrons. The second kappa shape index (κ2) is 6.17. The largest absolute Gasteiger partial charge is 0.508 e. The molecule has 0 fully saturated rings. The Labute approximate surface area is 154 Å². The summed E-state index contributed by atoms with van der Waals surface area (Å²) < 4.78 is 2.00. The summed E-state index contributed by atoms with van der Waals surface area (Å²) >= 11 is 1.38. The second-order valence-electron chi connectivity index (χ2n) is 5.92. The van der Waals surface area contributed by atoms with Crippen LogP contribution in [0.5, 0.6) is 5.75 Å². The van der Waals surface area contributed by atoms with Gasteiger partial charge in [0.05, 0.1) is 26.5 Å². The topological polar surface area (TPSA) is 66.0 Å². The first-order valence-electron chi connectivity index (χ1n) is 8.04. The molecular weight excluding hydrogens is 344 g/mol. The number of benzene rings is 2. The summed E-state index contributed by atoms with van der Waals surface area (Å²) in [5.41, 5.74) is 3.08. The molecule has 0 unspecified atom stereocenters. The number of fused-ring (bicyclic) bond motifs is 1. The van der Waals surface area contributed by atoms with Gasteiger partial charge in [-0.15, -0.1) is 11.3 Å². The van der Waals surface area contributed by atoms with E-state index in [4.69, 9.17) is 0 Å². The fraction of sp³-hybridized carbons (Fsp3) is 0.0476. The molecule has 1 N–H and O–H groups in total. The maximum Gasteiger partial charge on any atom is 0.169 e. The lowest BCUT2D eigenvalue weighted by atomic mass is 10.1. The van der Waals surface area contributed by atoms with Gasteiger partial charge in [-0.05, 0) is 49.4 Å². The Balaban J connectivity index is 2.10. The van der Waals surface area contributed by atoms with Crippen LogP contribution in [0.25, 0.3) is 27.2 Å². The number of phenolic OH excluding ortho intramolecular Hbond substituents is 1. The molecule has 0 spiro atoms. The molecule has 26 heavy (non-hydrogen) atoms. The Hall–Kier alpha value is -3.36. The van der Waals surface area contributed by atoms with Gasteiger partial charge in [-0.3, -0.25) is 4.79 Å². The van der Waals surface area contributed by atoms with Gasteiger partial charge in [0, 0.05) is 11.1 Å². The lowest BCUT2D eigenvalue weighted by Gasteiger charge is -2.10. The van der Waals surface area contributed by atoms with Crippen molar-refractivity contribution in [2.75, 3.05) is 0 Å². The molecule has 4 rings (SSSR count). The van der Waals surface area contributed by atoms with Crippen molar-refractivity contribution in [3.63, 3.8) is 0 Å². The van der Waals surface area contributed by atoms with Gasteiger partial charge in [0.1, 0.15) is 11.8 Å². The van der Waals surface area contributed by atoms with Crippen LogP contribution in [0.1, 0.15) is 22.2 Å². The minimum absolute atomic E-state index is 0.00653. The first-order valence-corrected chi connectivity index (χ1v) is 8.86. The molecular formula is C21H14N2O2S. The van der Waals surface area contributed by atoms with Gasteiger partial charge in [-0.2, -0.15) is 5.26 Å². The number of ketones is 1. The summed E-state index contributed by atoms with van der Waals surface area (Å²) in [5, 5.41) is 20.3. The number of aromatic hydroxyl groups is 1. The molecule has 4 aromatic rings. The van der Waals surface area contributed by atoms with E-state index in [1.165, 1.54) is 18.3 Å². The zero-order chi connectivity index (χ0) is 18.3. The van der Waals surface area contributed by atoms with E-state index in [0.717, 1.165) is 27.2 Å². The molecule has 0 aliphatic rings. The van der Waals surface area contributed by atoms with Crippen molar-refractivity contribution in [1.82, 2.24) is 4.57 Å². The van der Waals surface area contributed by atoms with Crippen LogP contribution in [-0.4, -0.2) is 15.5 Å². The molecule has 2 heterocycles. The number of Topliss-reactive ketones (excluding diaryl/α,β-unsaturated/α-hetero) is 1. The number of aromatic nitrogens is 1. The van der Waals surface area contributed by atoms with E-state index in [-0.39, 0.29) is 11.5 Å². The van der Waals surface area contributed by atoms with Crippen molar-refractivity contribution < 1.29 is 9.90 Å². The zero-order valence-electron chi connectivity index (χ0n) is 13.9. The molecule has 5 heteroatoms. The van der Waals surface area contributed by atoms with Crippen molar-refractivity contribution in [3.05, 3.63) is 71.1 Å². The summed E-state index contributed by atoms with van der Waals surface area (Å²) in [5.74, 6) is 0.189. The fourth-order valence-corrected chi connectivity index (χ4v) is 4.05. The minimum Gasteiger partial charge on any atom is -0.508 e. The number of para-hydroxylation sites is 1. The number of hydrogen-bond donors (Lipinski definition) is 1. The van der Waals surface area contributed by atoms with Crippen LogP contribution in [0, 0.1) is 11.3 Å². The molecule has 0 aliphatic carbocycles. The van der Waals surface area contributed by atoms with Gasteiger partial charge < -0.3 is 9.67 Å². The highest BCUT2D eigenvalue weighted by Gasteiger charge is 2.21. The summed E-state index contributed by atoms with van der Waals surface area (Å²) in [6.45, 7) is 1.54. The lowest BCUT2D eigenvalue weighted by molar-refractivity contribution is 0.102. The quantitative estimate of drug-likeness (QED) is 0.516. The molecule has 2 aromatic heterocycles. The van der Waals surface area contributed by atoms with E-state index in [9.17, 15) is 15.2 Å². The summed E-state index contributed by atoms with van der Waals surface area (Å²) in [6, 6.07) is 20.6. The highest BCUT2D eigenvalue weighted by molar-refractivity contribution is 7.17. The Kier molecular flexibility index (Phi) is 3.83. The van der Waals surface area contributed by atoms with Crippen molar-refractivity contribution in [3.8, 4) is 28.1 Å². The van der Waals surface area contributed by atoms with Gasteiger partial charge in [0.2, 0.25) is 0 Å². The van der Waals surface area contributed by atoms with Crippen molar-refractivity contribution >= 4 is 28.0 Å². The number of nitriles is 1. The molecule has 0 bridgehead atoms. The van der Waals surface area contributed by atoms with Gasteiger partial charge >= 0.3 is 0 Å². The Morgan fingerprint density at radius 2 is 1.81 bits per heavy atom. The fourth-order valence-electron chi connectivity index (χ4n) is 3.11. The normalized spacial score (nSPS) is 10.8. The molecule has 0 aliphatic heterocycles. The number of carbonyl (C=O) groups excluding carboxylic acids is 1. The number of carbonyl (C=O) groups is 1. The van der Waals surface area contributed by atoms with Crippen molar-refractivity contribution in [2.24, 2.45) is 0 Å². The van der Waals surface area contributed by atoms with Crippen LogP contribution < -0.4 is 0 Å². The summed E-state index contributed by atoms with van der Waals surface area (Å²) in [7, 11) is 0. The Morgan fingerprint density at radius 3 is 2.46 bits per heavy atom. The first kappa shape index (κ1) is 16.1. The lowest BCUT2D eigenvalue weighted by Crippen LogP contribution is -1.96. The van der Waals surface area contributed by atoms with E-state index < -0.39 is 0 Å². The first-order chi connectivity index (χ1) is 12.6. The van der Waals surface area contributed by atoms with Gasteiger partial charge in [0.15, 0.2) is 5.78 Å². The van der Waals surface area contributed by atoms with E-state index in [1.54, 1.807) is 18.2 Å². The van der Waals surface area contributed by atoms with Crippen LogP contribution in [0.3, 0.4) is 0 Å². The zero-order valence-corrected chi connectivity index (χ0v) is 14.7. The van der Waals surface area contributed by atoms with Crippen LogP contribution in [0.15, 0.2) is 60.7 Å². The van der Waals surface area contributed by atoms with Gasteiger partial charge in [-0.1, -0.05) is 18.2 Å². The number of rotatable bonds is 3. The number of nitrogens with zero attached hydrogens (tertiary/aromatic N) is 2. The third kappa shape index (κ3) is 2.48. The monoisotopic (exact) mass is 358 g/mol. The molecule has 2 aromatic carbocycles. The van der Waals surface area contributed by atoms with Crippen LogP contribution >= 0.6 is 11.3 Å². The maximum absolute atomic E-state index is 11.7. The molecule has 0 saturated carbocycles. The van der Waals surface area contributed by atoms with Crippen molar-refractivity contribution in [1.29, 1.82) is 5.26 Å². The Morgan fingerprint density at radius 1 is 1.08 bits per heavy atom. The van der Waals surface area contributed by atoms with Gasteiger partial charge in [0.25, 0.3) is 0 Å². The van der Waals surface area contributed by atoms with Crippen LogP contribution in [0.2, 0.25) is 0 Å². The smallest absolute Gasteiger partial charge is 0.169 e. The van der Waals surface area contributed by atoms with Crippen molar-refractivity contribution in [2.45, 2.75) is 6.92 Å². The maximum atomic E-state index is 11.7. The van der Waals surface area contributed by atoms with E-state index in [1.807, 2.05) is 47.0 Å². The SMILES string of the molecule is CC(=O)c1ccc(-c2c(C#N)c3ccccc3n2-c2ccc(O)cc2)s1. The third-order valence-corrected chi connectivity index (χ3v) is 5.47. The molecule has 0 atom stereocenters. The number of thiophene rings is 1. The minimum atomic E-state index is 0.00653. The van der Waals surface area contributed by atoms with Crippen LogP contribution in [-0.2, 0) is 0 Å². The molecule has 0 saturated heterocycles.